The molecule has 0 saturated carbocycles. The van der Waals surface area contributed by atoms with E-state index in [2.05, 4.69) is 15.2 Å². The van der Waals surface area contributed by atoms with Gasteiger partial charge < -0.3 is 9.26 Å². The highest BCUT2D eigenvalue weighted by molar-refractivity contribution is 7.89. The second-order valence-corrected chi connectivity index (χ2v) is 8.24. The molecule has 10 heteroatoms. The van der Waals surface area contributed by atoms with Gasteiger partial charge in [-0.25, -0.2) is 12.7 Å². The fourth-order valence-electron chi connectivity index (χ4n) is 2.81. The van der Waals surface area contributed by atoms with Gasteiger partial charge >= 0.3 is 0 Å². The van der Waals surface area contributed by atoms with Crippen LogP contribution >= 0.6 is 0 Å². The van der Waals surface area contributed by atoms with E-state index in [-0.39, 0.29) is 5.75 Å². The molecule has 138 valence electrons. The molecule has 0 aliphatic carbocycles. The maximum atomic E-state index is 11.8. The quantitative estimate of drug-likeness (QED) is 0.712. The highest BCUT2D eigenvalue weighted by Crippen LogP contribution is 2.28. The first-order valence-electron chi connectivity index (χ1n) is 8.39. The van der Waals surface area contributed by atoms with E-state index in [9.17, 15) is 8.42 Å². The summed E-state index contributed by atoms with van der Waals surface area (Å²) in [6.07, 6.45) is 1.20. The molecule has 2 aromatic heterocycles. The Hall–Kier alpha value is -1.78. The maximum absolute atomic E-state index is 11.8. The first kappa shape index (κ1) is 18.0. The summed E-state index contributed by atoms with van der Waals surface area (Å²) >= 11 is 0. The molecule has 25 heavy (non-hydrogen) atoms. The molecule has 3 rings (SSSR count). The molecule has 0 unspecified atom stereocenters. The minimum Gasteiger partial charge on any atom is -0.376 e. The van der Waals surface area contributed by atoms with Crippen molar-refractivity contribution >= 4 is 10.0 Å². The lowest BCUT2D eigenvalue weighted by Gasteiger charge is -2.14. The van der Waals surface area contributed by atoms with Crippen molar-refractivity contribution in [2.75, 3.05) is 26.0 Å². The van der Waals surface area contributed by atoms with Crippen molar-refractivity contribution in [2.45, 2.75) is 39.8 Å². The molecule has 2 aromatic rings. The molecule has 0 saturated heterocycles. The predicted molar refractivity (Wildman–Crippen MR) is 90.3 cm³/mol. The molecule has 1 aliphatic heterocycles. The summed E-state index contributed by atoms with van der Waals surface area (Å²) in [7, 11) is -1.66. The average molecular weight is 369 g/mol. The number of nitrogens with zero attached hydrogens (tertiary/aromatic N) is 5. The number of sulfonamides is 1. The van der Waals surface area contributed by atoms with Crippen LogP contribution in [-0.2, 0) is 40.8 Å². The minimum atomic E-state index is -3.21. The highest BCUT2D eigenvalue weighted by atomic mass is 32.2. The van der Waals surface area contributed by atoms with Gasteiger partial charge in [0.25, 0.3) is 5.89 Å². The van der Waals surface area contributed by atoms with Crippen LogP contribution in [-0.4, -0.2) is 58.6 Å². The fraction of sp³-hybridized carbons (Fsp3) is 0.667. The first-order valence-corrected chi connectivity index (χ1v) is 10.0. The lowest BCUT2D eigenvalue weighted by atomic mass is 10.1. The van der Waals surface area contributed by atoms with Crippen LogP contribution in [0, 0.1) is 0 Å². The number of aryl methyl sites for hydroxylation is 1. The number of ether oxygens (including phenoxy) is 1. The molecule has 0 aromatic carbocycles. The molecule has 0 amide bonds. The average Bonchev–Trinajstić information content (AvgIpc) is 3.23. The third-order valence-corrected chi connectivity index (χ3v) is 6.22. The van der Waals surface area contributed by atoms with Crippen LogP contribution in [0.15, 0.2) is 4.52 Å². The van der Waals surface area contributed by atoms with Crippen molar-refractivity contribution in [3.63, 3.8) is 0 Å². The van der Waals surface area contributed by atoms with E-state index in [0.29, 0.717) is 43.6 Å². The number of fused-ring (bicyclic) bond motifs is 1. The lowest BCUT2D eigenvalue weighted by Crippen LogP contribution is -2.30. The summed E-state index contributed by atoms with van der Waals surface area (Å²) in [5.74, 6) is 0.885. The standard InChI is InChI=1S/C15H23N5O4S/c1-4-20-12-7-9-23-10-11(12)14(17-20)15-16-13(18-24-15)6-8-19(3)25(21,22)5-2/h4-10H2,1-3H3. The summed E-state index contributed by atoms with van der Waals surface area (Å²) < 4.78 is 37.7. The number of likely N-dealkylation sites (N-methyl/N-ethyl adjacent to an activating group) is 1. The van der Waals surface area contributed by atoms with Gasteiger partial charge in [0.2, 0.25) is 10.0 Å². The topological polar surface area (TPSA) is 103 Å². The van der Waals surface area contributed by atoms with Crippen LogP contribution in [0.3, 0.4) is 0 Å². The van der Waals surface area contributed by atoms with E-state index in [0.717, 1.165) is 24.2 Å². The second-order valence-electron chi connectivity index (χ2n) is 5.88. The van der Waals surface area contributed by atoms with Gasteiger partial charge in [-0.3, -0.25) is 4.68 Å². The van der Waals surface area contributed by atoms with Gasteiger partial charge in [0.15, 0.2) is 11.5 Å². The molecule has 1 aliphatic rings. The Bertz CT molecular complexity index is 842. The van der Waals surface area contributed by atoms with Crippen molar-refractivity contribution in [3.8, 4) is 11.6 Å². The number of rotatable bonds is 7. The fourth-order valence-corrected chi connectivity index (χ4v) is 3.62. The Morgan fingerprint density at radius 2 is 2.12 bits per heavy atom. The van der Waals surface area contributed by atoms with Gasteiger partial charge in [-0.15, -0.1) is 0 Å². The summed E-state index contributed by atoms with van der Waals surface area (Å²) in [5.41, 5.74) is 2.80. The Kier molecular flexibility index (Phi) is 5.21. The van der Waals surface area contributed by atoms with Gasteiger partial charge in [0.1, 0.15) is 0 Å². The zero-order chi connectivity index (χ0) is 18.0. The van der Waals surface area contributed by atoms with Crippen LogP contribution in [0.5, 0.6) is 0 Å². The second kappa shape index (κ2) is 7.22. The molecule has 0 N–H and O–H groups in total. The molecule has 0 radical (unpaired) electrons. The third-order valence-electron chi connectivity index (χ3n) is 4.36. The summed E-state index contributed by atoms with van der Waals surface area (Å²) in [6.45, 7) is 5.90. The van der Waals surface area contributed by atoms with Crippen LogP contribution in [0.2, 0.25) is 0 Å². The zero-order valence-electron chi connectivity index (χ0n) is 14.7. The van der Waals surface area contributed by atoms with Crippen molar-refractivity contribution < 1.29 is 17.7 Å². The van der Waals surface area contributed by atoms with Crippen LogP contribution in [0.25, 0.3) is 11.6 Å². The Morgan fingerprint density at radius 1 is 1.32 bits per heavy atom. The van der Waals surface area contributed by atoms with E-state index >= 15 is 0 Å². The van der Waals surface area contributed by atoms with E-state index < -0.39 is 10.0 Å². The molecular weight excluding hydrogens is 346 g/mol. The summed E-state index contributed by atoms with van der Waals surface area (Å²) in [4.78, 5) is 4.39. The lowest BCUT2D eigenvalue weighted by molar-refractivity contribution is 0.109. The van der Waals surface area contributed by atoms with Crippen molar-refractivity contribution in [1.29, 1.82) is 0 Å². The number of aromatic nitrogens is 4. The largest absolute Gasteiger partial charge is 0.376 e. The predicted octanol–water partition coefficient (Wildman–Crippen LogP) is 0.850. The van der Waals surface area contributed by atoms with Crippen molar-refractivity contribution in [3.05, 3.63) is 17.1 Å². The highest BCUT2D eigenvalue weighted by Gasteiger charge is 2.25. The smallest absolute Gasteiger partial charge is 0.278 e. The van der Waals surface area contributed by atoms with E-state index in [1.54, 1.807) is 14.0 Å². The van der Waals surface area contributed by atoms with E-state index in [1.165, 1.54) is 4.31 Å². The molecular formula is C15H23N5O4S. The van der Waals surface area contributed by atoms with Gasteiger partial charge in [-0.2, -0.15) is 10.1 Å². The van der Waals surface area contributed by atoms with Crippen molar-refractivity contribution in [1.82, 2.24) is 24.2 Å². The van der Waals surface area contributed by atoms with Crippen LogP contribution in [0.1, 0.15) is 30.9 Å². The minimum absolute atomic E-state index is 0.0710. The Labute approximate surface area is 147 Å². The third kappa shape index (κ3) is 3.60. The Morgan fingerprint density at radius 3 is 2.84 bits per heavy atom. The molecule has 0 spiro atoms. The first-order chi connectivity index (χ1) is 12.0. The molecule has 3 heterocycles. The number of hydrogen-bond donors (Lipinski definition) is 0. The van der Waals surface area contributed by atoms with E-state index in [1.807, 2.05) is 11.6 Å². The van der Waals surface area contributed by atoms with Crippen molar-refractivity contribution in [2.24, 2.45) is 0 Å². The monoisotopic (exact) mass is 369 g/mol. The molecule has 0 atom stereocenters. The van der Waals surface area contributed by atoms with Gasteiger partial charge in [0, 0.05) is 44.2 Å². The van der Waals surface area contributed by atoms with Crippen LogP contribution < -0.4 is 0 Å². The zero-order valence-corrected chi connectivity index (χ0v) is 15.5. The molecule has 0 bridgehead atoms. The van der Waals surface area contributed by atoms with Gasteiger partial charge in [-0.05, 0) is 13.8 Å². The van der Waals surface area contributed by atoms with Crippen LogP contribution in [0.4, 0.5) is 0 Å². The SMILES string of the molecule is CCn1nc(-c2nc(CCN(C)S(=O)(=O)CC)no2)c2c1CCOC2. The number of hydrogen-bond acceptors (Lipinski definition) is 7. The summed E-state index contributed by atoms with van der Waals surface area (Å²) in [6, 6.07) is 0. The van der Waals surface area contributed by atoms with Gasteiger partial charge in [-0.1, -0.05) is 5.16 Å². The molecule has 9 nitrogen and oxygen atoms in total. The Balaban J connectivity index is 1.77. The molecule has 0 fully saturated rings. The normalized spacial score (nSPS) is 14.9. The van der Waals surface area contributed by atoms with Gasteiger partial charge in [0.05, 0.1) is 19.0 Å². The summed E-state index contributed by atoms with van der Waals surface area (Å²) in [5, 5.41) is 8.53. The van der Waals surface area contributed by atoms with E-state index in [4.69, 9.17) is 9.26 Å². The maximum Gasteiger partial charge on any atom is 0.278 e.